The number of carbonyl (C=O) groups excluding carboxylic acids is 1. The van der Waals surface area contributed by atoms with Gasteiger partial charge in [0.15, 0.2) is 0 Å². The molecule has 1 aliphatic rings. The van der Waals surface area contributed by atoms with E-state index in [1.807, 2.05) is 36.2 Å². The van der Waals surface area contributed by atoms with Gasteiger partial charge >= 0.3 is 0 Å². The largest absolute Gasteiger partial charge is 0.387 e. The van der Waals surface area contributed by atoms with Gasteiger partial charge in [0.2, 0.25) is 0 Å². The summed E-state index contributed by atoms with van der Waals surface area (Å²) in [5.74, 6) is 0.583. The molecular weight excluding hydrogens is 228 g/mol. The van der Waals surface area contributed by atoms with Gasteiger partial charge in [0.25, 0.3) is 5.91 Å². The van der Waals surface area contributed by atoms with Crippen molar-refractivity contribution in [1.82, 2.24) is 4.90 Å². The SMILES string of the molecule is CNc1ccccc1C(=O)N1CCC(COC)C1. The molecule has 0 aliphatic carbocycles. The monoisotopic (exact) mass is 248 g/mol. The number of methoxy groups -OCH3 is 1. The fourth-order valence-electron chi connectivity index (χ4n) is 2.45. The third-order valence-corrected chi connectivity index (χ3v) is 3.40. The second-order valence-corrected chi connectivity index (χ2v) is 4.66. The number of carbonyl (C=O) groups is 1. The first-order valence-electron chi connectivity index (χ1n) is 6.31. The number of anilines is 1. The predicted octanol–water partition coefficient (Wildman–Crippen LogP) is 1.84. The number of nitrogens with zero attached hydrogens (tertiary/aromatic N) is 1. The summed E-state index contributed by atoms with van der Waals surface area (Å²) >= 11 is 0. The zero-order chi connectivity index (χ0) is 13.0. The standard InChI is InChI=1S/C14H20N2O2/c1-15-13-6-4-3-5-12(13)14(17)16-8-7-11(9-16)10-18-2/h3-6,11,15H,7-10H2,1-2H3. The van der Waals surface area contributed by atoms with E-state index in [1.165, 1.54) is 0 Å². The first-order chi connectivity index (χ1) is 8.76. The fraction of sp³-hybridized carbons (Fsp3) is 0.500. The highest BCUT2D eigenvalue weighted by atomic mass is 16.5. The number of benzene rings is 1. The number of rotatable bonds is 4. The lowest BCUT2D eigenvalue weighted by atomic mass is 10.1. The Labute approximate surface area is 108 Å². The van der Waals surface area contributed by atoms with E-state index in [0.717, 1.165) is 37.4 Å². The maximum atomic E-state index is 12.4. The molecule has 1 unspecified atom stereocenters. The van der Waals surface area contributed by atoms with E-state index in [4.69, 9.17) is 4.74 Å². The van der Waals surface area contributed by atoms with E-state index >= 15 is 0 Å². The molecule has 98 valence electrons. The van der Waals surface area contributed by atoms with Crippen molar-refractivity contribution in [3.05, 3.63) is 29.8 Å². The van der Waals surface area contributed by atoms with Gasteiger partial charge in [0.05, 0.1) is 12.2 Å². The van der Waals surface area contributed by atoms with Gasteiger partial charge in [-0.25, -0.2) is 0 Å². The number of nitrogens with one attached hydrogen (secondary N) is 1. The van der Waals surface area contributed by atoms with Crippen LogP contribution >= 0.6 is 0 Å². The lowest BCUT2D eigenvalue weighted by Gasteiger charge is -2.18. The molecule has 18 heavy (non-hydrogen) atoms. The molecule has 1 atom stereocenters. The Morgan fingerprint density at radius 3 is 3.00 bits per heavy atom. The Morgan fingerprint density at radius 2 is 2.28 bits per heavy atom. The highest BCUT2D eigenvalue weighted by Gasteiger charge is 2.27. The van der Waals surface area contributed by atoms with Crippen LogP contribution in [0.1, 0.15) is 16.8 Å². The van der Waals surface area contributed by atoms with Gasteiger partial charge in [-0.3, -0.25) is 4.79 Å². The minimum absolute atomic E-state index is 0.110. The lowest BCUT2D eigenvalue weighted by Crippen LogP contribution is -2.29. The summed E-state index contributed by atoms with van der Waals surface area (Å²) in [6.07, 6.45) is 1.03. The molecule has 2 rings (SSSR count). The molecule has 1 fully saturated rings. The van der Waals surface area contributed by atoms with Crippen LogP contribution in [0.15, 0.2) is 24.3 Å². The quantitative estimate of drug-likeness (QED) is 0.884. The second-order valence-electron chi connectivity index (χ2n) is 4.66. The van der Waals surface area contributed by atoms with Crippen LogP contribution in [0.4, 0.5) is 5.69 Å². The van der Waals surface area contributed by atoms with Gasteiger partial charge in [-0.1, -0.05) is 12.1 Å². The van der Waals surface area contributed by atoms with Crippen molar-refractivity contribution in [3.63, 3.8) is 0 Å². The Hall–Kier alpha value is -1.55. The van der Waals surface area contributed by atoms with Crippen molar-refractivity contribution in [2.24, 2.45) is 5.92 Å². The van der Waals surface area contributed by atoms with Crippen LogP contribution in [-0.4, -0.2) is 44.7 Å². The van der Waals surface area contributed by atoms with Crippen LogP contribution in [0.2, 0.25) is 0 Å². The number of hydrogen-bond acceptors (Lipinski definition) is 3. The van der Waals surface area contributed by atoms with Crippen LogP contribution in [0.25, 0.3) is 0 Å². The normalized spacial score (nSPS) is 19.0. The Bertz CT molecular complexity index is 420. The molecule has 0 bridgehead atoms. The van der Waals surface area contributed by atoms with Crippen molar-refractivity contribution in [3.8, 4) is 0 Å². The van der Waals surface area contributed by atoms with Crippen LogP contribution in [0.3, 0.4) is 0 Å². The summed E-state index contributed by atoms with van der Waals surface area (Å²) in [6, 6.07) is 7.63. The van der Waals surface area contributed by atoms with E-state index in [-0.39, 0.29) is 5.91 Å². The van der Waals surface area contributed by atoms with E-state index in [2.05, 4.69) is 5.32 Å². The van der Waals surface area contributed by atoms with E-state index in [1.54, 1.807) is 7.11 Å². The molecule has 4 heteroatoms. The minimum atomic E-state index is 0.110. The van der Waals surface area contributed by atoms with Gasteiger partial charge in [-0.05, 0) is 18.6 Å². The summed E-state index contributed by atoms with van der Waals surface area (Å²) in [6.45, 7) is 2.35. The Kier molecular flexibility index (Phi) is 4.20. The van der Waals surface area contributed by atoms with Gasteiger partial charge in [0.1, 0.15) is 0 Å². The maximum absolute atomic E-state index is 12.4. The van der Waals surface area contributed by atoms with Crippen molar-refractivity contribution in [2.45, 2.75) is 6.42 Å². The molecular formula is C14H20N2O2. The van der Waals surface area contributed by atoms with E-state index in [0.29, 0.717) is 5.92 Å². The summed E-state index contributed by atoms with van der Waals surface area (Å²) in [4.78, 5) is 14.3. The van der Waals surface area contributed by atoms with Gasteiger partial charge in [-0.2, -0.15) is 0 Å². The molecule has 1 N–H and O–H groups in total. The highest BCUT2D eigenvalue weighted by molar-refractivity contribution is 5.99. The second kappa shape index (κ2) is 5.87. The molecule has 1 amide bonds. The lowest BCUT2D eigenvalue weighted by molar-refractivity contribution is 0.0776. The molecule has 0 aromatic heterocycles. The number of likely N-dealkylation sites (tertiary alicyclic amines) is 1. The van der Waals surface area contributed by atoms with Gasteiger partial charge in [-0.15, -0.1) is 0 Å². The molecule has 1 aromatic rings. The third-order valence-electron chi connectivity index (χ3n) is 3.40. The molecule has 0 spiro atoms. The molecule has 1 aliphatic heterocycles. The van der Waals surface area contributed by atoms with E-state index in [9.17, 15) is 4.79 Å². The zero-order valence-corrected chi connectivity index (χ0v) is 11.0. The average molecular weight is 248 g/mol. The van der Waals surface area contributed by atoms with Crippen molar-refractivity contribution >= 4 is 11.6 Å². The topological polar surface area (TPSA) is 41.6 Å². The number of hydrogen-bond donors (Lipinski definition) is 1. The van der Waals surface area contributed by atoms with Crippen molar-refractivity contribution < 1.29 is 9.53 Å². The Morgan fingerprint density at radius 1 is 1.50 bits per heavy atom. The Balaban J connectivity index is 2.08. The highest BCUT2D eigenvalue weighted by Crippen LogP contribution is 2.22. The smallest absolute Gasteiger partial charge is 0.255 e. The molecule has 0 saturated carbocycles. The van der Waals surface area contributed by atoms with Crippen LogP contribution in [-0.2, 0) is 4.74 Å². The van der Waals surface area contributed by atoms with Crippen LogP contribution < -0.4 is 5.32 Å². The van der Waals surface area contributed by atoms with Crippen molar-refractivity contribution in [2.75, 3.05) is 39.2 Å². The average Bonchev–Trinajstić information content (AvgIpc) is 2.87. The van der Waals surface area contributed by atoms with Gasteiger partial charge in [0, 0.05) is 38.9 Å². The predicted molar refractivity (Wildman–Crippen MR) is 71.9 cm³/mol. The molecule has 4 nitrogen and oxygen atoms in total. The number of para-hydroxylation sites is 1. The van der Waals surface area contributed by atoms with Gasteiger partial charge < -0.3 is 15.0 Å². The summed E-state index contributed by atoms with van der Waals surface area (Å²) in [5.41, 5.74) is 1.63. The first-order valence-corrected chi connectivity index (χ1v) is 6.31. The maximum Gasteiger partial charge on any atom is 0.255 e. The molecule has 1 heterocycles. The van der Waals surface area contributed by atoms with Crippen molar-refractivity contribution in [1.29, 1.82) is 0 Å². The molecule has 0 radical (unpaired) electrons. The number of amides is 1. The third kappa shape index (κ3) is 2.64. The molecule has 1 aromatic carbocycles. The summed E-state index contributed by atoms with van der Waals surface area (Å²) < 4.78 is 5.15. The summed E-state index contributed by atoms with van der Waals surface area (Å²) in [5, 5.41) is 3.06. The van der Waals surface area contributed by atoms with E-state index < -0.39 is 0 Å². The first kappa shape index (κ1) is 12.9. The fourth-order valence-corrected chi connectivity index (χ4v) is 2.45. The zero-order valence-electron chi connectivity index (χ0n) is 11.0. The number of ether oxygens (including phenoxy) is 1. The van der Waals surface area contributed by atoms with Crippen LogP contribution in [0.5, 0.6) is 0 Å². The molecule has 1 saturated heterocycles. The van der Waals surface area contributed by atoms with Crippen LogP contribution in [0, 0.1) is 5.92 Å². The summed E-state index contributed by atoms with van der Waals surface area (Å²) in [7, 11) is 3.55. The minimum Gasteiger partial charge on any atom is -0.387 e.